The van der Waals surface area contributed by atoms with Crippen molar-refractivity contribution in [3.8, 4) is 11.5 Å². The highest BCUT2D eigenvalue weighted by molar-refractivity contribution is 6.30. The lowest BCUT2D eigenvalue weighted by Gasteiger charge is -2.17. The van der Waals surface area contributed by atoms with Crippen molar-refractivity contribution in [1.82, 2.24) is 4.98 Å². The van der Waals surface area contributed by atoms with Crippen molar-refractivity contribution in [3.63, 3.8) is 0 Å². The molecule has 0 saturated heterocycles. The summed E-state index contributed by atoms with van der Waals surface area (Å²) in [5.74, 6) is 2.20. The smallest absolute Gasteiger partial charge is 0.161 e. The van der Waals surface area contributed by atoms with Crippen molar-refractivity contribution >= 4 is 17.4 Å². The molecule has 1 unspecified atom stereocenters. The van der Waals surface area contributed by atoms with Crippen molar-refractivity contribution in [2.24, 2.45) is 0 Å². The van der Waals surface area contributed by atoms with Crippen LogP contribution in [0.1, 0.15) is 18.5 Å². The molecule has 2 aromatic rings. The Bertz CT molecular complexity index is 573. The fraction of sp³-hybridized carbons (Fsp3) is 0.267. The molecular formula is C15H17ClN2O2. The topological polar surface area (TPSA) is 43.4 Å². The fourth-order valence-corrected chi connectivity index (χ4v) is 2.00. The number of hydrogen-bond donors (Lipinski definition) is 1. The van der Waals surface area contributed by atoms with Crippen LogP contribution in [0.15, 0.2) is 36.5 Å². The minimum atomic E-state index is 0.0866. The number of pyridine rings is 1. The maximum absolute atomic E-state index is 5.82. The second-order valence-electron chi connectivity index (χ2n) is 4.34. The lowest BCUT2D eigenvalue weighted by Crippen LogP contribution is -2.08. The molecule has 2 rings (SSSR count). The normalized spacial score (nSPS) is 11.8. The van der Waals surface area contributed by atoms with Crippen molar-refractivity contribution in [2.45, 2.75) is 13.0 Å². The average molecular weight is 293 g/mol. The Labute approximate surface area is 123 Å². The summed E-state index contributed by atoms with van der Waals surface area (Å²) in [5, 5.41) is 3.93. The van der Waals surface area contributed by atoms with Gasteiger partial charge < -0.3 is 14.8 Å². The minimum Gasteiger partial charge on any atom is -0.493 e. The van der Waals surface area contributed by atoms with Gasteiger partial charge in [0.25, 0.3) is 0 Å². The van der Waals surface area contributed by atoms with E-state index in [4.69, 9.17) is 21.1 Å². The van der Waals surface area contributed by atoms with Crippen LogP contribution in [-0.2, 0) is 0 Å². The van der Waals surface area contributed by atoms with E-state index in [0.29, 0.717) is 16.5 Å². The predicted octanol–water partition coefficient (Wildman–Crippen LogP) is 3.93. The lowest BCUT2D eigenvalue weighted by molar-refractivity contribution is 0.354. The Balaban J connectivity index is 2.16. The molecule has 0 aliphatic rings. The average Bonchev–Trinajstić information content (AvgIpc) is 2.48. The molecule has 1 aromatic carbocycles. The molecule has 20 heavy (non-hydrogen) atoms. The van der Waals surface area contributed by atoms with Gasteiger partial charge in [-0.2, -0.15) is 0 Å². The van der Waals surface area contributed by atoms with Crippen LogP contribution < -0.4 is 14.8 Å². The van der Waals surface area contributed by atoms with Gasteiger partial charge in [0, 0.05) is 6.20 Å². The molecule has 0 aliphatic heterocycles. The van der Waals surface area contributed by atoms with Crippen molar-refractivity contribution in [3.05, 3.63) is 47.1 Å². The van der Waals surface area contributed by atoms with Crippen molar-refractivity contribution in [2.75, 3.05) is 19.5 Å². The Morgan fingerprint density at radius 2 is 1.85 bits per heavy atom. The number of aromatic nitrogens is 1. The number of nitrogens with zero attached hydrogens (tertiary/aromatic N) is 1. The maximum Gasteiger partial charge on any atom is 0.161 e. The van der Waals surface area contributed by atoms with Gasteiger partial charge >= 0.3 is 0 Å². The van der Waals surface area contributed by atoms with E-state index >= 15 is 0 Å². The first kappa shape index (κ1) is 14.5. The highest BCUT2D eigenvalue weighted by Gasteiger charge is 2.10. The van der Waals surface area contributed by atoms with Gasteiger partial charge in [0.2, 0.25) is 0 Å². The van der Waals surface area contributed by atoms with E-state index < -0.39 is 0 Å². The number of halogens is 1. The van der Waals surface area contributed by atoms with Gasteiger partial charge in [-0.05, 0) is 36.8 Å². The van der Waals surface area contributed by atoms with E-state index in [1.807, 2.05) is 24.3 Å². The summed E-state index contributed by atoms with van der Waals surface area (Å²) in [5.41, 5.74) is 1.08. The van der Waals surface area contributed by atoms with Crippen LogP contribution in [0.4, 0.5) is 5.82 Å². The molecule has 4 nitrogen and oxygen atoms in total. The molecule has 1 aromatic heterocycles. The van der Waals surface area contributed by atoms with E-state index in [1.54, 1.807) is 26.5 Å². The first-order valence-corrected chi connectivity index (χ1v) is 6.62. The summed E-state index contributed by atoms with van der Waals surface area (Å²) in [6.45, 7) is 2.05. The summed E-state index contributed by atoms with van der Waals surface area (Å²) < 4.78 is 10.5. The van der Waals surface area contributed by atoms with E-state index in [2.05, 4.69) is 17.2 Å². The van der Waals surface area contributed by atoms with Gasteiger partial charge in [0.05, 0.1) is 25.3 Å². The summed E-state index contributed by atoms with van der Waals surface area (Å²) in [6, 6.07) is 9.57. The van der Waals surface area contributed by atoms with Crippen LogP contribution in [0.5, 0.6) is 11.5 Å². The number of benzene rings is 1. The molecular weight excluding hydrogens is 276 g/mol. The predicted molar refractivity (Wildman–Crippen MR) is 80.8 cm³/mol. The SMILES string of the molecule is COc1ccc(C(C)Nc2ccc(Cl)cn2)cc1OC. The van der Waals surface area contributed by atoms with Gasteiger partial charge in [0.15, 0.2) is 11.5 Å². The number of rotatable bonds is 5. The van der Waals surface area contributed by atoms with Crippen LogP contribution in [0, 0.1) is 0 Å². The van der Waals surface area contributed by atoms with Gasteiger partial charge in [-0.25, -0.2) is 4.98 Å². The third kappa shape index (κ3) is 3.33. The first-order chi connectivity index (χ1) is 9.63. The van der Waals surface area contributed by atoms with Gasteiger partial charge in [-0.3, -0.25) is 0 Å². The zero-order valence-electron chi connectivity index (χ0n) is 11.7. The standard InChI is InChI=1S/C15H17ClN2O2/c1-10(18-15-7-5-12(16)9-17-15)11-4-6-13(19-2)14(8-11)20-3/h4-10H,1-3H3,(H,17,18). The molecule has 1 heterocycles. The molecule has 0 radical (unpaired) electrons. The molecule has 1 N–H and O–H groups in total. The van der Waals surface area contributed by atoms with Crippen molar-refractivity contribution < 1.29 is 9.47 Å². The van der Waals surface area contributed by atoms with E-state index in [-0.39, 0.29) is 6.04 Å². The van der Waals surface area contributed by atoms with Gasteiger partial charge in [-0.1, -0.05) is 17.7 Å². The quantitative estimate of drug-likeness (QED) is 0.907. The number of methoxy groups -OCH3 is 2. The summed E-state index contributed by atoms with van der Waals surface area (Å²) in [7, 11) is 3.25. The first-order valence-electron chi connectivity index (χ1n) is 6.24. The molecule has 0 amide bonds. The zero-order chi connectivity index (χ0) is 14.5. The third-order valence-electron chi connectivity index (χ3n) is 3.00. The largest absolute Gasteiger partial charge is 0.493 e. The minimum absolute atomic E-state index is 0.0866. The summed E-state index contributed by atoms with van der Waals surface area (Å²) in [4.78, 5) is 4.22. The highest BCUT2D eigenvalue weighted by Crippen LogP contribution is 2.30. The summed E-state index contributed by atoms with van der Waals surface area (Å²) >= 11 is 5.82. The van der Waals surface area contributed by atoms with Crippen molar-refractivity contribution in [1.29, 1.82) is 0 Å². The maximum atomic E-state index is 5.82. The van der Waals surface area contributed by atoms with Gasteiger partial charge in [-0.15, -0.1) is 0 Å². The van der Waals surface area contributed by atoms with Crippen LogP contribution in [0.2, 0.25) is 5.02 Å². The van der Waals surface area contributed by atoms with E-state index in [0.717, 1.165) is 11.4 Å². The molecule has 0 spiro atoms. The molecule has 5 heteroatoms. The number of hydrogen-bond acceptors (Lipinski definition) is 4. The molecule has 106 valence electrons. The molecule has 0 saturated carbocycles. The fourth-order valence-electron chi connectivity index (χ4n) is 1.89. The van der Waals surface area contributed by atoms with E-state index in [9.17, 15) is 0 Å². The highest BCUT2D eigenvalue weighted by atomic mass is 35.5. The Hall–Kier alpha value is -1.94. The monoisotopic (exact) mass is 292 g/mol. The van der Waals surface area contributed by atoms with Crippen LogP contribution in [0.3, 0.4) is 0 Å². The Kier molecular flexibility index (Phi) is 4.69. The number of ether oxygens (including phenoxy) is 2. The summed E-state index contributed by atoms with van der Waals surface area (Å²) in [6.07, 6.45) is 1.62. The van der Waals surface area contributed by atoms with Gasteiger partial charge in [0.1, 0.15) is 5.82 Å². The number of nitrogens with one attached hydrogen (secondary N) is 1. The lowest BCUT2D eigenvalue weighted by atomic mass is 10.1. The van der Waals surface area contributed by atoms with Crippen LogP contribution >= 0.6 is 11.6 Å². The third-order valence-corrected chi connectivity index (χ3v) is 3.22. The second-order valence-corrected chi connectivity index (χ2v) is 4.78. The zero-order valence-corrected chi connectivity index (χ0v) is 12.4. The second kappa shape index (κ2) is 6.48. The van der Waals surface area contributed by atoms with Crippen LogP contribution in [-0.4, -0.2) is 19.2 Å². The molecule has 1 atom stereocenters. The van der Waals surface area contributed by atoms with Crippen LogP contribution in [0.25, 0.3) is 0 Å². The molecule has 0 bridgehead atoms. The Morgan fingerprint density at radius 1 is 1.10 bits per heavy atom. The number of anilines is 1. The molecule has 0 fully saturated rings. The Morgan fingerprint density at radius 3 is 2.45 bits per heavy atom. The molecule has 0 aliphatic carbocycles. The van der Waals surface area contributed by atoms with E-state index in [1.165, 1.54) is 0 Å².